The summed E-state index contributed by atoms with van der Waals surface area (Å²) in [4.78, 5) is 0. The number of benzene rings is 3. The van der Waals surface area contributed by atoms with Gasteiger partial charge < -0.3 is 16.2 Å². The second kappa shape index (κ2) is 7.60. The van der Waals surface area contributed by atoms with Crippen molar-refractivity contribution in [1.82, 2.24) is 0 Å². The molecule has 3 heteroatoms. The number of ether oxygens (including phenoxy) is 1. The molecule has 0 unspecified atom stereocenters. The second-order valence-corrected chi connectivity index (χ2v) is 4.39. The van der Waals surface area contributed by atoms with E-state index in [9.17, 15) is 0 Å². The predicted molar refractivity (Wildman–Crippen MR) is 88.2 cm³/mol. The summed E-state index contributed by atoms with van der Waals surface area (Å²) in [5.74, 6) is 1.52. The topological polar surface area (TPSA) is 61.3 Å². The summed E-state index contributed by atoms with van der Waals surface area (Å²) in [6, 6.07) is 26.5. The van der Waals surface area contributed by atoms with Gasteiger partial charge in [-0.3, -0.25) is 0 Å². The van der Waals surface area contributed by atoms with Crippen molar-refractivity contribution in [3.8, 4) is 11.5 Å². The summed E-state index contributed by atoms with van der Waals surface area (Å²) in [6.45, 7) is 0. The van der Waals surface area contributed by atoms with Gasteiger partial charge in [0, 0.05) is 11.4 Å². The third-order valence-corrected chi connectivity index (χ3v) is 2.66. The molecule has 0 spiro atoms. The smallest absolute Gasteiger partial charge is 0.127 e. The Morgan fingerprint density at radius 3 is 1.05 bits per heavy atom. The minimum Gasteiger partial charge on any atom is -0.457 e. The largest absolute Gasteiger partial charge is 0.457 e. The molecule has 0 radical (unpaired) electrons. The van der Waals surface area contributed by atoms with Gasteiger partial charge in [-0.2, -0.15) is 0 Å². The lowest BCUT2D eigenvalue weighted by Crippen LogP contribution is -1.87. The zero-order valence-corrected chi connectivity index (χ0v) is 11.6. The SMILES string of the molecule is Nc1ccc(Oc2ccc(N)cc2)cc1.c1ccccc1. The Bertz CT molecular complexity index is 564. The lowest BCUT2D eigenvalue weighted by atomic mass is 10.3. The molecule has 0 heterocycles. The highest BCUT2D eigenvalue weighted by Crippen LogP contribution is 2.22. The predicted octanol–water partition coefficient (Wildman–Crippen LogP) is 4.33. The van der Waals surface area contributed by atoms with Crippen LogP contribution >= 0.6 is 0 Å². The van der Waals surface area contributed by atoms with E-state index in [0.717, 1.165) is 22.9 Å². The van der Waals surface area contributed by atoms with Crippen molar-refractivity contribution >= 4 is 11.4 Å². The maximum Gasteiger partial charge on any atom is 0.127 e. The van der Waals surface area contributed by atoms with Crippen LogP contribution in [0.5, 0.6) is 11.5 Å². The Labute approximate surface area is 124 Å². The van der Waals surface area contributed by atoms with Crippen molar-refractivity contribution in [2.45, 2.75) is 0 Å². The maximum atomic E-state index is 5.58. The van der Waals surface area contributed by atoms with Crippen molar-refractivity contribution in [3.05, 3.63) is 84.9 Å². The fourth-order valence-electron chi connectivity index (χ4n) is 1.59. The molecule has 3 aromatic rings. The van der Waals surface area contributed by atoms with Crippen LogP contribution in [0.15, 0.2) is 84.9 Å². The van der Waals surface area contributed by atoms with Crippen LogP contribution in [0.2, 0.25) is 0 Å². The van der Waals surface area contributed by atoms with Crippen LogP contribution in [-0.2, 0) is 0 Å². The summed E-state index contributed by atoms with van der Waals surface area (Å²) < 4.78 is 5.58. The molecular weight excluding hydrogens is 260 g/mol. The third kappa shape index (κ3) is 5.28. The Kier molecular flexibility index (Phi) is 5.24. The molecule has 21 heavy (non-hydrogen) atoms. The molecule has 0 aliphatic carbocycles. The number of anilines is 2. The zero-order valence-electron chi connectivity index (χ0n) is 11.6. The van der Waals surface area contributed by atoms with Crippen molar-refractivity contribution in [3.63, 3.8) is 0 Å². The van der Waals surface area contributed by atoms with Gasteiger partial charge in [0.15, 0.2) is 0 Å². The van der Waals surface area contributed by atoms with Crippen LogP contribution in [0.1, 0.15) is 0 Å². The molecule has 0 aromatic heterocycles. The molecule has 4 N–H and O–H groups in total. The molecule has 0 amide bonds. The van der Waals surface area contributed by atoms with E-state index in [0.29, 0.717) is 0 Å². The molecule has 106 valence electrons. The molecule has 0 aliphatic heterocycles. The lowest BCUT2D eigenvalue weighted by Gasteiger charge is -2.05. The first kappa shape index (κ1) is 14.5. The van der Waals surface area contributed by atoms with Crippen LogP contribution < -0.4 is 16.2 Å². The lowest BCUT2D eigenvalue weighted by molar-refractivity contribution is 0.483. The highest BCUT2D eigenvalue weighted by Gasteiger charge is 1.96. The zero-order chi connectivity index (χ0) is 14.9. The van der Waals surface area contributed by atoms with E-state index in [1.54, 1.807) is 24.3 Å². The van der Waals surface area contributed by atoms with Crippen LogP contribution in [0.4, 0.5) is 11.4 Å². The van der Waals surface area contributed by atoms with Crippen LogP contribution in [0.25, 0.3) is 0 Å². The van der Waals surface area contributed by atoms with Crippen molar-refractivity contribution in [2.24, 2.45) is 0 Å². The van der Waals surface area contributed by atoms with E-state index in [-0.39, 0.29) is 0 Å². The molecular formula is C18H18N2O. The van der Waals surface area contributed by atoms with E-state index >= 15 is 0 Å². The fraction of sp³-hybridized carbons (Fsp3) is 0. The van der Waals surface area contributed by atoms with Gasteiger partial charge in [-0.15, -0.1) is 0 Å². The van der Waals surface area contributed by atoms with Gasteiger partial charge in [0.25, 0.3) is 0 Å². The second-order valence-electron chi connectivity index (χ2n) is 4.39. The van der Waals surface area contributed by atoms with E-state index in [2.05, 4.69) is 0 Å². The summed E-state index contributed by atoms with van der Waals surface area (Å²) in [6.07, 6.45) is 0. The van der Waals surface area contributed by atoms with E-state index in [1.165, 1.54) is 0 Å². The Morgan fingerprint density at radius 1 is 0.476 bits per heavy atom. The fourth-order valence-corrected chi connectivity index (χ4v) is 1.59. The number of nitrogens with two attached hydrogens (primary N) is 2. The molecule has 0 fully saturated rings. The van der Waals surface area contributed by atoms with Crippen LogP contribution in [-0.4, -0.2) is 0 Å². The van der Waals surface area contributed by atoms with E-state index < -0.39 is 0 Å². The number of hydrogen-bond acceptors (Lipinski definition) is 3. The average Bonchev–Trinajstić information content (AvgIpc) is 2.54. The first-order chi connectivity index (χ1) is 10.2. The van der Waals surface area contributed by atoms with Gasteiger partial charge in [-0.25, -0.2) is 0 Å². The minimum absolute atomic E-state index is 0.722. The van der Waals surface area contributed by atoms with Crippen molar-refractivity contribution < 1.29 is 4.74 Å². The molecule has 0 saturated carbocycles. The molecule has 0 aliphatic rings. The average molecular weight is 278 g/mol. The normalized spacial score (nSPS) is 9.33. The first-order valence-electron chi connectivity index (χ1n) is 6.63. The maximum absolute atomic E-state index is 5.58. The summed E-state index contributed by atoms with van der Waals surface area (Å²) in [5.41, 5.74) is 12.6. The summed E-state index contributed by atoms with van der Waals surface area (Å²) in [5, 5.41) is 0. The molecule has 3 nitrogen and oxygen atoms in total. The van der Waals surface area contributed by atoms with Gasteiger partial charge in [-0.1, -0.05) is 36.4 Å². The third-order valence-electron chi connectivity index (χ3n) is 2.66. The van der Waals surface area contributed by atoms with Crippen molar-refractivity contribution in [2.75, 3.05) is 11.5 Å². The molecule has 0 bridgehead atoms. The van der Waals surface area contributed by atoms with Crippen molar-refractivity contribution in [1.29, 1.82) is 0 Å². The number of rotatable bonds is 2. The van der Waals surface area contributed by atoms with Crippen LogP contribution in [0, 0.1) is 0 Å². The molecule has 0 atom stereocenters. The molecule has 3 aromatic carbocycles. The van der Waals surface area contributed by atoms with Gasteiger partial charge in [0.2, 0.25) is 0 Å². The quantitative estimate of drug-likeness (QED) is 0.686. The summed E-state index contributed by atoms with van der Waals surface area (Å²) in [7, 11) is 0. The highest BCUT2D eigenvalue weighted by atomic mass is 16.5. The standard InChI is InChI=1S/C12H12N2O.C6H6/c13-9-1-5-11(6-2-9)15-12-7-3-10(14)4-8-12;1-2-4-6-5-3-1/h1-8H,13-14H2;1-6H. The Morgan fingerprint density at radius 2 is 0.762 bits per heavy atom. The van der Waals surface area contributed by atoms with Gasteiger partial charge in [0.1, 0.15) is 11.5 Å². The van der Waals surface area contributed by atoms with Gasteiger partial charge >= 0.3 is 0 Å². The Balaban J connectivity index is 0.000000225. The van der Waals surface area contributed by atoms with Crippen LogP contribution in [0.3, 0.4) is 0 Å². The summed E-state index contributed by atoms with van der Waals surface area (Å²) >= 11 is 0. The van der Waals surface area contributed by atoms with E-state index in [1.807, 2.05) is 60.7 Å². The minimum atomic E-state index is 0.722. The number of nitrogen functional groups attached to an aromatic ring is 2. The molecule has 0 saturated heterocycles. The van der Waals surface area contributed by atoms with E-state index in [4.69, 9.17) is 16.2 Å². The highest BCUT2D eigenvalue weighted by molar-refractivity contribution is 5.45. The number of hydrogen-bond donors (Lipinski definition) is 2. The van der Waals surface area contributed by atoms with Gasteiger partial charge in [0.05, 0.1) is 0 Å². The first-order valence-corrected chi connectivity index (χ1v) is 6.63. The molecule has 3 rings (SSSR count). The van der Waals surface area contributed by atoms with Gasteiger partial charge in [-0.05, 0) is 48.5 Å². The Hall–Kier alpha value is -2.94. The monoisotopic (exact) mass is 278 g/mol.